The number of halogens is 4. The minimum atomic E-state index is -0.778. The van der Waals surface area contributed by atoms with Gasteiger partial charge in [-0.25, -0.2) is 32.5 Å². The highest BCUT2D eigenvalue weighted by molar-refractivity contribution is 6.04. The minimum absolute atomic E-state index is 0.0457. The summed E-state index contributed by atoms with van der Waals surface area (Å²) in [6.07, 6.45) is 5.49. The van der Waals surface area contributed by atoms with Gasteiger partial charge >= 0.3 is 0 Å². The van der Waals surface area contributed by atoms with Crippen molar-refractivity contribution in [3.8, 4) is 5.75 Å². The molecule has 344 valence electrons. The van der Waals surface area contributed by atoms with E-state index in [0.29, 0.717) is 49.3 Å². The van der Waals surface area contributed by atoms with Crippen LogP contribution >= 0.6 is 0 Å². The first kappa shape index (κ1) is 45.4. The SMILES string of the molecule is COc1ccc(C(=O)Nc2ccc(Nc3nc(Nc4ccc(C(=O)NN5CCC(CCN6CCN(c7cc(F)c(C8CCC(=O)NC8=O)cn7)CC6)CC5)c(F)c4)ncc3F)cc2)c(F)c1. The Hall–Kier alpha value is -7.19. The first-order valence-electron chi connectivity index (χ1n) is 21.5. The summed E-state index contributed by atoms with van der Waals surface area (Å²) in [5.74, 6) is -4.59. The number of anilines is 6. The molecule has 4 amide bonds. The zero-order chi connectivity index (χ0) is 46.3. The Morgan fingerprint density at radius 2 is 1.44 bits per heavy atom. The van der Waals surface area contributed by atoms with Crippen LogP contribution in [0, 0.1) is 29.2 Å². The largest absolute Gasteiger partial charge is 0.497 e. The van der Waals surface area contributed by atoms with Crippen LogP contribution < -0.4 is 36.3 Å². The monoisotopic (exact) mass is 909 g/mol. The van der Waals surface area contributed by atoms with Crippen molar-refractivity contribution in [2.45, 2.75) is 38.0 Å². The molecule has 2 aromatic heterocycles. The number of piperazine rings is 1. The molecule has 66 heavy (non-hydrogen) atoms. The lowest BCUT2D eigenvalue weighted by Gasteiger charge is -2.37. The number of carbonyl (C=O) groups excluding carboxylic acids is 4. The number of aromatic nitrogens is 3. The number of methoxy groups -OCH3 is 1. The van der Waals surface area contributed by atoms with Crippen LogP contribution in [0.25, 0.3) is 0 Å². The third-order valence-corrected chi connectivity index (χ3v) is 11.9. The Bertz CT molecular complexity index is 2610. The number of carbonyl (C=O) groups is 4. The standard InChI is InChI=1S/C46H47F4N11O5/c1-66-31-7-9-33(37(48)23-31)44(64)54-29-4-2-28(3-5-29)53-42-39(50)26-52-46(57-42)55-30-6-8-34(36(47)22-30)45(65)58-61-16-13-27(14-17-61)12-15-59-18-20-60(21-19-59)40-24-38(49)35(25-51-40)32-10-11-41(62)56-43(32)63/h2-9,22-27,32H,10-21H2,1H3,(H,54,64)(H,58,65)(H,56,62,63)(H2,52,53,55,57). The summed E-state index contributed by atoms with van der Waals surface area (Å²) in [7, 11) is 1.39. The fourth-order valence-electron chi connectivity index (χ4n) is 8.15. The molecule has 0 radical (unpaired) electrons. The fraction of sp³-hybridized carbons (Fsp3) is 0.326. The molecule has 0 spiro atoms. The van der Waals surface area contributed by atoms with Crippen LogP contribution in [0.15, 0.2) is 79.1 Å². The maximum atomic E-state index is 15.3. The molecule has 5 N–H and O–H groups in total. The average Bonchev–Trinajstić information content (AvgIpc) is 3.31. The molecule has 3 aliphatic rings. The van der Waals surface area contributed by atoms with Crippen molar-refractivity contribution in [3.05, 3.63) is 119 Å². The summed E-state index contributed by atoms with van der Waals surface area (Å²) in [4.78, 5) is 66.4. The van der Waals surface area contributed by atoms with Crippen molar-refractivity contribution >= 4 is 58.3 Å². The molecule has 3 saturated heterocycles. The van der Waals surface area contributed by atoms with E-state index in [2.05, 4.69) is 46.5 Å². The average molecular weight is 910 g/mol. The van der Waals surface area contributed by atoms with Gasteiger partial charge in [-0.15, -0.1) is 0 Å². The lowest BCUT2D eigenvalue weighted by molar-refractivity contribution is -0.134. The quantitative estimate of drug-likeness (QED) is 0.0622. The molecule has 5 heterocycles. The molecular formula is C46H47F4N11O5. The predicted octanol–water partition coefficient (Wildman–Crippen LogP) is 6.27. The second kappa shape index (κ2) is 20.3. The van der Waals surface area contributed by atoms with Crippen molar-refractivity contribution in [1.29, 1.82) is 0 Å². The number of piperidine rings is 2. The van der Waals surface area contributed by atoms with Gasteiger partial charge in [-0.05, 0) is 92.7 Å². The van der Waals surface area contributed by atoms with E-state index >= 15 is 8.78 Å². The van der Waals surface area contributed by atoms with Crippen molar-refractivity contribution < 1.29 is 41.5 Å². The molecule has 20 heteroatoms. The Kier molecular flexibility index (Phi) is 14.0. The summed E-state index contributed by atoms with van der Waals surface area (Å²) in [5.41, 5.74) is 3.71. The normalized spacial score (nSPS) is 17.2. The predicted molar refractivity (Wildman–Crippen MR) is 237 cm³/mol. The van der Waals surface area contributed by atoms with Gasteiger partial charge in [0.2, 0.25) is 17.8 Å². The van der Waals surface area contributed by atoms with Crippen molar-refractivity contribution in [2.75, 3.05) is 73.8 Å². The van der Waals surface area contributed by atoms with Crippen LogP contribution in [0.2, 0.25) is 0 Å². The summed E-state index contributed by atoms with van der Waals surface area (Å²) in [6.45, 7) is 5.08. The maximum Gasteiger partial charge on any atom is 0.268 e. The third kappa shape index (κ3) is 11.0. The fourth-order valence-corrected chi connectivity index (χ4v) is 8.15. The number of hydrogen-bond donors (Lipinski definition) is 5. The van der Waals surface area contributed by atoms with Gasteiger partial charge < -0.3 is 25.6 Å². The van der Waals surface area contributed by atoms with Gasteiger partial charge in [0, 0.05) is 86.6 Å². The number of hydrazine groups is 1. The lowest BCUT2D eigenvalue weighted by Crippen LogP contribution is -2.48. The number of nitrogens with one attached hydrogen (secondary N) is 5. The van der Waals surface area contributed by atoms with Crippen LogP contribution in [0.1, 0.15) is 64.3 Å². The summed E-state index contributed by atoms with van der Waals surface area (Å²) in [6, 6.07) is 15.4. The molecule has 8 rings (SSSR count). The van der Waals surface area contributed by atoms with Gasteiger partial charge in [-0.3, -0.25) is 34.8 Å². The van der Waals surface area contributed by atoms with E-state index in [1.165, 1.54) is 55.8 Å². The highest BCUT2D eigenvalue weighted by Crippen LogP contribution is 2.30. The van der Waals surface area contributed by atoms with Crippen LogP contribution in [-0.4, -0.2) is 101 Å². The number of amides is 4. The highest BCUT2D eigenvalue weighted by atomic mass is 19.1. The molecule has 3 fully saturated rings. The van der Waals surface area contributed by atoms with E-state index in [9.17, 15) is 28.0 Å². The first-order valence-corrected chi connectivity index (χ1v) is 21.5. The molecule has 16 nitrogen and oxygen atoms in total. The minimum Gasteiger partial charge on any atom is -0.497 e. The second-order valence-corrected chi connectivity index (χ2v) is 16.3. The molecule has 3 aliphatic heterocycles. The number of benzene rings is 3. The molecule has 1 atom stereocenters. The first-order chi connectivity index (χ1) is 31.9. The maximum absolute atomic E-state index is 15.3. The number of hydrogen-bond acceptors (Lipinski definition) is 13. The van der Waals surface area contributed by atoms with E-state index in [4.69, 9.17) is 4.74 Å². The zero-order valence-corrected chi connectivity index (χ0v) is 35.9. The smallest absolute Gasteiger partial charge is 0.268 e. The summed E-state index contributed by atoms with van der Waals surface area (Å²) >= 11 is 0. The van der Waals surface area contributed by atoms with Crippen LogP contribution in [-0.2, 0) is 9.59 Å². The Morgan fingerprint density at radius 1 is 0.742 bits per heavy atom. The second-order valence-electron chi connectivity index (χ2n) is 16.3. The van der Waals surface area contributed by atoms with E-state index in [1.54, 1.807) is 17.1 Å². The highest BCUT2D eigenvalue weighted by Gasteiger charge is 2.31. The topological polar surface area (TPSA) is 186 Å². The Labute approximate surface area is 377 Å². The Morgan fingerprint density at radius 3 is 2.14 bits per heavy atom. The summed E-state index contributed by atoms with van der Waals surface area (Å²) < 4.78 is 64.4. The van der Waals surface area contributed by atoms with E-state index < -0.39 is 46.9 Å². The zero-order valence-electron chi connectivity index (χ0n) is 35.9. The van der Waals surface area contributed by atoms with Crippen LogP contribution in [0.5, 0.6) is 5.75 Å². The van der Waals surface area contributed by atoms with Gasteiger partial charge in [0.05, 0.1) is 30.4 Å². The van der Waals surface area contributed by atoms with Crippen LogP contribution in [0.3, 0.4) is 0 Å². The number of pyridine rings is 1. The summed E-state index contributed by atoms with van der Waals surface area (Å²) in [5, 5.41) is 12.3. The number of nitrogens with zero attached hydrogens (tertiary/aromatic N) is 6. The molecule has 5 aromatic rings. The molecule has 0 bridgehead atoms. The van der Waals surface area contributed by atoms with Gasteiger partial charge in [0.1, 0.15) is 29.0 Å². The lowest BCUT2D eigenvalue weighted by atomic mass is 9.91. The third-order valence-electron chi connectivity index (χ3n) is 11.9. The van der Waals surface area contributed by atoms with E-state index in [1.807, 2.05) is 4.90 Å². The molecular weight excluding hydrogens is 863 g/mol. The van der Waals surface area contributed by atoms with Crippen molar-refractivity contribution in [2.24, 2.45) is 5.92 Å². The molecule has 0 saturated carbocycles. The van der Waals surface area contributed by atoms with Gasteiger partial charge in [-0.1, -0.05) is 0 Å². The molecule has 1 unspecified atom stereocenters. The van der Waals surface area contributed by atoms with Gasteiger partial charge in [0.25, 0.3) is 11.8 Å². The van der Waals surface area contributed by atoms with Gasteiger partial charge in [0.15, 0.2) is 11.6 Å². The van der Waals surface area contributed by atoms with Crippen LogP contribution in [0.4, 0.5) is 52.2 Å². The number of imide groups is 1. The molecule has 3 aromatic carbocycles. The van der Waals surface area contributed by atoms with Gasteiger partial charge in [-0.2, -0.15) is 4.98 Å². The number of rotatable bonds is 14. The van der Waals surface area contributed by atoms with E-state index in [-0.39, 0.29) is 58.6 Å². The van der Waals surface area contributed by atoms with Crippen molar-refractivity contribution in [1.82, 2.24) is 35.6 Å². The van der Waals surface area contributed by atoms with E-state index in [0.717, 1.165) is 57.2 Å². The van der Waals surface area contributed by atoms with Crippen molar-refractivity contribution in [3.63, 3.8) is 0 Å². The Balaban J connectivity index is 0.756. The number of ether oxygens (including phenoxy) is 1. The molecule has 0 aliphatic carbocycles.